The smallest absolute Gasteiger partial charge is 0.322 e. The number of carbonyl (C=O) groups excluding carboxylic acids is 2. The van der Waals surface area contributed by atoms with E-state index < -0.39 is 23.5 Å². The molecule has 0 saturated heterocycles. The summed E-state index contributed by atoms with van der Waals surface area (Å²) in [6.07, 6.45) is 0. The predicted molar refractivity (Wildman–Crippen MR) is 54.2 cm³/mol. The highest BCUT2D eigenvalue weighted by Gasteiger charge is 2.32. The molecule has 1 aromatic carbocycles. The molecule has 1 rings (SSSR count). The van der Waals surface area contributed by atoms with Crippen molar-refractivity contribution in [2.45, 2.75) is 6.92 Å². The van der Waals surface area contributed by atoms with Gasteiger partial charge in [0.25, 0.3) is 0 Å². The number of phenols is 1. The van der Waals surface area contributed by atoms with Crippen molar-refractivity contribution in [3.05, 3.63) is 29.8 Å². The standard InChI is InChI=1S/C11H10O5/c1-6(12)9(11(15)16)10(14)7-4-2-3-5-8(7)13/h2-5,9,13H,1H3,(H,15,16)/t9-/m1/s1. The van der Waals surface area contributed by atoms with Crippen molar-refractivity contribution in [1.82, 2.24) is 0 Å². The number of carboxylic acid groups (broad SMARTS) is 1. The zero-order chi connectivity index (χ0) is 12.3. The first-order chi connectivity index (χ1) is 7.45. The lowest BCUT2D eigenvalue weighted by atomic mass is 9.94. The SMILES string of the molecule is CC(=O)[C@@H](C(=O)O)C(=O)c1ccccc1O. The molecule has 1 atom stereocenters. The molecule has 0 radical (unpaired) electrons. The van der Waals surface area contributed by atoms with Crippen molar-refractivity contribution >= 4 is 17.5 Å². The molecular formula is C11H10O5. The molecule has 2 N–H and O–H groups in total. The molecule has 0 heterocycles. The fourth-order valence-corrected chi connectivity index (χ4v) is 1.31. The fourth-order valence-electron chi connectivity index (χ4n) is 1.31. The van der Waals surface area contributed by atoms with Crippen molar-refractivity contribution in [2.24, 2.45) is 5.92 Å². The molecule has 0 unspecified atom stereocenters. The van der Waals surface area contributed by atoms with Crippen LogP contribution in [0.5, 0.6) is 5.75 Å². The van der Waals surface area contributed by atoms with Crippen LogP contribution in [0.2, 0.25) is 0 Å². The Morgan fingerprint density at radius 2 is 1.75 bits per heavy atom. The van der Waals surface area contributed by atoms with Gasteiger partial charge in [0.1, 0.15) is 5.75 Å². The number of rotatable bonds is 4. The van der Waals surface area contributed by atoms with Crippen molar-refractivity contribution in [2.75, 3.05) is 0 Å². The van der Waals surface area contributed by atoms with Gasteiger partial charge in [0.2, 0.25) is 0 Å². The van der Waals surface area contributed by atoms with Crippen LogP contribution in [0.4, 0.5) is 0 Å². The summed E-state index contributed by atoms with van der Waals surface area (Å²) in [4.78, 5) is 33.5. The van der Waals surface area contributed by atoms with Crippen LogP contribution < -0.4 is 0 Å². The summed E-state index contributed by atoms with van der Waals surface area (Å²) in [6.45, 7) is 1.02. The molecule has 5 heteroatoms. The number of para-hydroxylation sites is 1. The molecule has 5 nitrogen and oxygen atoms in total. The summed E-state index contributed by atoms with van der Waals surface area (Å²) in [6, 6.07) is 5.50. The first-order valence-electron chi connectivity index (χ1n) is 4.50. The van der Waals surface area contributed by atoms with Gasteiger partial charge < -0.3 is 10.2 Å². The van der Waals surface area contributed by atoms with Crippen LogP contribution in [-0.4, -0.2) is 27.7 Å². The highest BCUT2D eigenvalue weighted by molar-refractivity contribution is 6.22. The summed E-state index contributed by atoms with van der Waals surface area (Å²) in [7, 11) is 0. The Kier molecular flexibility index (Phi) is 3.40. The zero-order valence-electron chi connectivity index (χ0n) is 8.51. The fraction of sp³-hybridized carbons (Fsp3) is 0.182. The van der Waals surface area contributed by atoms with Crippen molar-refractivity contribution < 1.29 is 24.6 Å². The van der Waals surface area contributed by atoms with E-state index >= 15 is 0 Å². The van der Waals surface area contributed by atoms with Crippen LogP contribution in [0.3, 0.4) is 0 Å². The Hall–Kier alpha value is -2.17. The minimum absolute atomic E-state index is 0.162. The van der Waals surface area contributed by atoms with Gasteiger partial charge >= 0.3 is 5.97 Å². The summed E-state index contributed by atoms with van der Waals surface area (Å²) in [5.41, 5.74) is -0.162. The number of ketones is 2. The van der Waals surface area contributed by atoms with E-state index in [0.29, 0.717) is 0 Å². The topological polar surface area (TPSA) is 91.7 Å². The number of hydrogen-bond donors (Lipinski definition) is 2. The van der Waals surface area contributed by atoms with Gasteiger partial charge in [-0.15, -0.1) is 0 Å². The monoisotopic (exact) mass is 222 g/mol. The number of hydrogen-bond acceptors (Lipinski definition) is 4. The van der Waals surface area contributed by atoms with E-state index in [1.165, 1.54) is 24.3 Å². The maximum atomic E-state index is 11.7. The third-order valence-electron chi connectivity index (χ3n) is 2.09. The number of carbonyl (C=O) groups is 3. The molecule has 16 heavy (non-hydrogen) atoms. The molecule has 84 valence electrons. The van der Waals surface area contributed by atoms with Gasteiger partial charge in [-0.2, -0.15) is 0 Å². The van der Waals surface area contributed by atoms with Gasteiger partial charge in [-0.25, -0.2) is 0 Å². The third-order valence-corrected chi connectivity index (χ3v) is 2.09. The molecule has 0 aromatic heterocycles. The van der Waals surface area contributed by atoms with Crippen LogP contribution in [0.15, 0.2) is 24.3 Å². The molecule has 0 aliphatic heterocycles. The predicted octanol–water partition coefficient (Wildman–Crippen LogP) is 0.865. The zero-order valence-corrected chi connectivity index (χ0v) is 8.51. The lowest BCUT2D eigenvalue weighted by Gasteiger charge is -2.08. The van der Waals surface area contributed by atoms with Crippen LogP contribution in [0.1, 0.15) is 17.3 Å². The number of benzene rings is 1. The molecule has 0 bridgehead atoms. The molecular weight excluding hydrogens is 212 g/mol. The van der Waals surface area contributed by atoms with Gasteiger partial charge in [0.05, 0.1) is 5.56 Å². The first kappa shape index (κ1) is 11.9. The van der Waals surface area contributed by atoms with Crippen LogP contribution in [0, 0.1) is 5.92 Å². The summed E-state index contributed by atoms with van der Waals surface area (Å²) >= 11 is 0. The molecule has 0 saturated carbocycles. The van der Waals surface area contributed by atoms with E-state index in [1.54, 1.807) is 0 Å². The maximum absolute atomic E-state index is 11.7. The maximum Gasteiger partial charge on any atom is 0.322 e. The highest BCUT2D eigenvalue weighted by atomic mass is 16.4. The van der Waals surface area contributed by atoms with Crippen LogP contribution in [-0.2, 0) is 9.59 Å². The van der Waals surface area contributed by atoms with E-state index in [4.69, 9.17) is 5.11 Å². The Labute approximate surface area is 91.3 Å². The Bertz CT molecular complexity index is 435. The van der Waals surface area contributed by atoms with Crippen molar-refractivity contribution in [3.63, 3.8) is 0 Å². The van der Waals surface area contributed by atoms with Gasteiger partial charge in [-0.1, -0.05) is 12.1 Å². The number of carboxylic acids is 1. The average Bonchev–Trinajstić information content (AvgIpc) is 2.16. The third kappa shape index (κ3) is 2.25. The lowest BCUT2D eigenvalue weighted by molar-refractivity contribution is -0.143. The lowest BCUT2D eigenvalue weighted by Crippen LogP contribution is -2.30. The Morgan fingerprint density at radius 1 is 1.19 bits per heavy atom. The molecule has 0 fully saturated rings. The largest absolute Gasteiger partial charge is 0.507 e. The van der Waals surface area contributed by atoms with Crippen molar-refractivity contribution in [1.29, 1.82) is 0 Å². The van der Waals surface area contributed by atoms with Crippen LogP contribution in [0.25, 0.3) is 0 Å². The second-order valence-electron chi connectivity index (χ2n) is 3.26. The summed E-state index contributed by atoms with van der Waals surface area (Å²) < 4.78 is 0. The van der Waals surface area contributed by atoms with Crippen molar-refractivity contribution in [3.8, 4) is 5.75 Å². The van der Waals surface area contributed by atoms with E-state index in [2.05, 4.69) is 0 Å². The Balaban J connectivity index is 3.15. The van der Waals surface area contributed by atoms with Gasteiger partial charge in [-0.05, 0) is 19.1 Å². The van der Waals surface area contributed by atoms with E-state index in [9.17, 15) is 19.5 Å². The minimum atomic E-state index is -1.76. The summed E-state index contributed by atoms with van der Waals surface area (Å²) in [5.74, 6) is -5.27. The quantitative estimate of drug-likeness (QED) is 0.582. The normalized spacial score (nSPS) is 11.8. The Morgan fingerprint density at radius 3 is 2.19 bits per heavy atom. The second kappa shape index (κ2) is 4.57. The number of Topliss-reactive ketones (excluding diaryl/α,β-unsaturated/α-hetero) is 2. The molecule has 0 spiro atoms. The number of aromatic hydroxyl groups is 1. The highest BCUT2D eigenvalue weighted by Crippen LogP contribution is 2.20. The van der Waals surface area contributed by atoms with E-state index in [-0.39, 0.29) is 11.3 Å². The molecule has 0 aliphatic rings. The molecule has 1 aromatic rings. The average molecular weight is 222 g/mol. The first-order valence-corrected chi connectivity index (χ1v) is 4.50. The number of phenolic OH excluding ortho intramolecular Hbond substituents is 1. The molecule has 0 aliphatic carbocycles. The minimum Gasteiger partial charge on any atom is -0.507 e. The van der Waals surface area contributed by atoms with E-state index in [0.717, 1.165) is 6.92 Å². The van der Waals surface area contributed by atoms with Gasteiger partial charge in [-0.3, -0.25) is 14.4 Å². The van der Waals surface area contributed by atoms with Crippen LogP contribution >= 0.6 is 0 Å². The number of aliphatic carboxylic acids is 1. The van der Waals surface area contributed by atoms with E-state index in [1.807, 2.05) is 0 Å². The summed E-state index contributed by atoms with van der Waals surface area (Å²) in [5, 5.41) is 18.1. The van der Waals surface area contributed by atoms with Gasteiger partial charge in [0, 0.05) is 0 Å². The second-order valence-corrected chi connectivity index (χ2v) is 3.26. The van der Waals surface area contributed by atoms with Gasteiger partial charge in [0.15, 0.2) is 17.5 Å². The molecule has 0 amide bonds.